The van der Waals surface area contributed by atoms with E-state index in [1.54, 1.807) is 6.20 Å². The maximum atomic E-state index is 8.61. The van der Waals surface area contributed by atoms with E-state index in [0.29, 0.717) is 11.3 Å². The second-order valence-electron chi connectivity index (χ2n) is 2.43. The summed E-state index contributed by atoms with van der Waals surface area (Å²) in [6.07, 6.45) is 2.33. The predicted octanol–water partition coefficient (Wildman–Crippen LogP) is 0.242. The van der Waals surface area contributed by atoms with Gasteiger partial charge in [0, 0.05) is 13.0 Å². The Balaban J connectivity index is 2.62. The van der Waals surface area contributed by atoms with Gasteiger partial charge >= 0.3 is 0 Å². The molecule has 0 aliphatic rings. The summed E-state index contributed by atoms with van der Waals surface area (Å²) in [7, 11) is 1.88. The average Bonchev–Trinajstić information content (AvgIpc) is 2.60. The third-order valence-corrected chi connectivity index (χ3v) is 1.47. The lowest BCUT2D eigenvalue weighted by Crippen LogP contribution is -2.05. The van der Waals surface area contributed by atoms with Crippen LogP contribution in [0.15, 0.2) is 6.20 Å². The Hall–Kier alpha value is -1.78. The summed E-state index contributed by atoms with van der Waals surface area (Å²) < 4.78 is 0. The molecule has 0 fully saturated rings. The molecule has 13 heavy (non-hydrogen) atoms. The zero-order chi connectivity index (χ0) is 9.52. The molecule has 0 saturated heterocycles. The smallest absolute Gasteiger partial charge is 0.151 e. The summed E-state index contributed by atoms with van der Waals surface area (Å²) in [4.78, 5) is 0. The molecular formula is C9H10N4. The number of aromatic amines is 1. The molecule has 1 heterocycles. The molecule has 4 heteroatoms. The van der Waals surface area contributed by atoms with E-state index < -0.39 is 0 Å². The Morgan fingerprint density at radius 1 is 1.69 bits per heavy atom. The minimum Gasteiger partial charge on any atom is -0.319 e. The van der Waals surface area contributed by atoms with Crippen LogP contribution in [0.1, 0.15) is 17.7 Å². The zero-order valence-corrected chi connectivity index (χ0v) is 7.39. The highest BCUT2D eigenvalue weighted by atomic mass is 15.1. The summed E-state index contributed by atoms with van der Waals surface area (Å²) in [5.41, 5.74) is 1.09. The summed E-state index contributed by atoms with van der Waals surface area (Å²) in [5, 5.41) is 17.9. The molecule has 0 saturated carbocycles. The molecule has 0 aliphatic carbocycles. The van der Waals surface area contributed by atoms with E-state index in [9.17, 15) is 0 Å². The lowest BCUT2D eigenvalue weighted by molar-refractivity contribution is 0.818. The molecule has 1 aromatic heterocycles. The Labute approximate surface area is 77.0 Å². The Morgan fingerprint density at radius 2 is 2.54 bits per heavy atom. The van der Waals surface area contributed by atoms with Gasteiger partial charge in [0.25, 0.3) is 0 Å². The molecule has 1 aromatic rings. The van der Waals surface area contributed by atoms with Gasteiger partial charge in [0.15, 0.2) is 5.69 Å². The first kappa shape index (κ1) is 9.31. The first-order valence-electron chi connectivity index (χ1n) is 3.95. The molecular weight excluding hydrogens is 164 g/mol. The molecule has 0 aliphatic heterocycles. The number of nitriles is 1. The molecule has 0 aromatic carbocycles. The molecule has 0 amide bonds. The van der Waals surface area contributed by atoms with Crippen molar-refractivity contribution in [1.29, 1.82) is 5.26 Å². The van der Waals surface area contributed by atoms with Crippen LogP contribution in [0.3, 0.4) is 0 Å². The Bertz CT molecular complexity index is 361. The van der Waals surface area contributed by atoms with Gasteiger partial charge in [0.1, 0.15) is 6.07 Å². The number of nitrogens with one attached hydrogen (secondary N) is 2. The van der Waals surface area contributed by atoms with Crippen molar-refractivity contribution in [3.05, 3.63) is 17.5 Å². The highest BCUT2D eigenvalue weighted by Gasteiger charge is 1.98. The van der Waals surface area contributed by atoms with Crippen molar-refractivity contribution >= 4 is 0 Å². The predicted molar refractivity (Wildman–Crippen MR) is 48.7 cm³/mol. The van der Waals surface area contributed by atoms with Gasteiger partial charge in [0.05, 0.1) is 11.8 Å². The van der Waals surface area contributed by atoms with Gasteiger partial charge in [-0.1, -0.05) is 11.8 Å². The van der Waals surface area contributed by atoms with Gasteiger partial charge < -0.3 is 5.32 Å². The third kappa shape index (κ3) is 2.62. The van der Waals surface area contributed by atoms with Gasteiger partial charge in [-0.15, -0.1) is 0 Å². The molecule has 0 spiro atoms. The minimum absolute atomic E-state index is 0.428. The Morgan fingerprint density at radius 3 is 3.23 bits per heavy atom. The van der Waals surface area contributed by atoms with E-state index >= 15 is 0 Å². The topological polar surface area (TPSA) is 64.5 Å². The van der Waals surface area contributed by atoms with Crippen molar-refractivity contribution in [3.8, 4) is 17.9 Å². The van der Waals surface area contributed by atoms with Gasteiger partial charge in [-0.25, -0.2) is 0 Å². The van der Waals surface area contributed by atoms with E-state index in [0.717, 1.165) is 13.0 Å². The fraction of sp³-hybridized carbons (Fsp3) is 0.333. The number of H-pyrrole nitrogens is 1. The van der Waals surface area contributed by atoms with Crippen LogP contribution in [0.25, 0.3) is 0 Å². The second-order valence-corrected chi connectivity index (χ2v) is 2.43. The van der Waals surface area contributed by atoms with Gasteiger partial charge in [-0.2, -0.15) is 10.4 Å². The molecule has 4 nitrogen and oxygen atoms in total. The second kappa shape index (κ2) is 4.97. The van der Waals surface area contributed by atoms with Gasteiger partial charge in [-0.05, 0) is 7.05 Å². The summed E-state index contributed by atoms with van der Waals surface area (Å²) in [6, 6.07) is 1.98. The highest BCUT2D eigenvalue weighted by molar-refractivity contribution is 5.42. The SMILES string of the molecule is CNCCC#Cc1cn[nH]c1C#N. The van der Waals surface area contributed by atoms with Gasteiger partial charge in [0.2, 0.25) is 0 Å². The van der Waals surface area contributed by atoms with Crippen molar-refractivity contribution in [2.24, 2.45) is 0 Å². The van der Waals surface area contributed by atoms with Crippen LogP contribution in [0.5, 0.6) is 0 Å². The van der Waals surface area contributed by atoms with Gasteiger partial charge in [-0.3, -0.25) is 5.10 Å². The van der Waals surface area contributed by atoms with Crippen LogP contribution in [0.2, 0.25) is 0 Å². The van der Waals surface area contributed by atoms with Crippen LogP contribution in [0.4, 0.5) is 0 Å². The first-order valence-corrected chi connectivity index (χ1v) is 3.95. The van der Waals surface area contributed by atoms with E-state index in [2.05, 4.69) is 27.4 Å². The van der Waals surface area contributed by atoms with Crippen LogP contribution < -0.4 is 5.32 Å². The molecule has 0 bridgehead atoms. The van der Waals surface area contributed by atoms with E-state index in [-0.39, 0.29) is 0 Å². The Kier molecular flexibility index (Phi) is 3.56. The minimum atomic E-state index is 0.428. The maximum Gasteiger partial charge on any atom is 0.151 e. The van der Waals surface area contributed by atoms with Crippen molar-refractivity contribution in [3.63, 3.8) is 0 Å². The number of hydrogen-bond acceptors (Lipinski definition) is 3. The lowest BCUT2D eigenvalue weighted by Gasteiger charge is -1.87. The van der Waals surface area contributed by atoms with Crippen molar-refractivity contribution in [1.82, 2.24) is 15.5 Å². The van der Waals surface area contributed by atoms with Crippen LogP contribution in [-0.4, -0.2) is 23.8 Å². The molecule has 2 N–H and O–H groups in total. The van der Waals surface area contributed by atoms with Crippen molar-refractivity contribution < 1.29 is 0 Å². The monoisotopic (exact) mass is 174 g/mol. The highest BCUT2D eigenvalue weighted by Crippen LogP contribution is 1.99. The number of hydrogen-bond donors (Lipinski definition) is 2. The summed E-state index contributed by atoms with van der Waals surface area (Å²) in [5.74, 6) is 5.81. The molecule has 0 atom stereocenters. The number of nitrogens with zero attached hydrogens (tertiary/aromatic N) is 2. The normalized spacial score (nSPS) is 8.62. The quantitative estimate of drug-likeness (QED) is 0.498. The number of aromatic nitrogens is 2. The molecule has 0 radical (unpaired) electrons. The lowest BCUT2D eigenvalue weighted by atomic mass is 10.2. The standard InChI is InChI=1S/C9H10N4/c1-11-5-3-2-4-8-7-12-13-9(8)6-10/h7,11H,3,5H2,1H3,(H,12,13). The summed E-state index contributed by atoms with van der Waals surface area (Å²) >= 11 is 0. The molecule has 1 rings (SSSR count). The van der Waals surface area contributed by atoms with Crippen molar-refractivity contribution in [2.75, 3.05) is 13.6 Å². The van der Waals surface area contributed by atoms with Crippen molar-refractivity contribution in [2.45, 2.75) is 6.42 Å². The molecule has 0 unspecified atom stereocenters. The average molecular weight is 174 g/mol. The largest absolute Gasteiger partial charge is 0.319 e. The van der Waals surface area contributed by atoms with E-state index in [4.69, 9.17) is 5.26 Å². The maximum absolute atomic E-state index is 8.61. The zero-order valence-electron chi connectivity index (χ0n) is 7.39. The number of rotatable bonds is 2. The molecule has 66 valence electrons. The van der Waals surface area contributed by atoms with E-state index in [1.165, 1.54) is 0 Å². The third-order valence-electron chi connectivity index (χ3n) is 1.47. The van der Waals surface area contributed by atoms with Crippen LogP contribution >= 0.6 is 0 Å². The fourth-order valence-electron chi connectivity index (χ4n) is 0.811. The van der Waals surface area contributed by atoms with Crippen LogP contribution in [0, 0.1) is 23.2 Å². The fourth-order valence-corrected chi connectivity index (χ4v) is 0.811. The summed E-state index contributed by atoms with van der Waals surface area (Å²) in [6.45, 7) is 0.854. The van der Waals surface area contributed by atoms with Crippen LogP contribution in [-0.2, 0) is 0 Å². The first-order chi connectivity index (χ1) is 6.38. The van der Waals surface area contributed by atoms with E-state index in [1.807, 2.05) is 13.1 Å².